The number of Topliss-reactive ketones (excluding diaryl/α,β-unsaturated/α-hetero) is 1. The molecule has 0 heterocycles. The van der Waals surface area contributed by atoms with Gasteiger partial charge in [-0.1, -0.05) is 33.6 Å². The normalized spacial score (nSPS) is 14.5. The van der Waals surface area contributed by atoms with E-state index in [0.717, 1.165) is 12.8 Å². The summed E-state index contributed by atoms with van der Waals surface area (Å²) in [4.78, 5) is 23.7. The van der Waals surface area contributed by atoms with E-state index in [2.05, 4.69) is 24.5 Å². The Morgan fingerprint density at radius 1 is 1.12 bits per heavy atom. The Kier molecular flexibility index (Phi) is 7.79. The highest BCUT2D eigenvalue weighted by atomic mass is 16.2. The van der Waals surface area contributed by atoms with Gasteiger partial charge in [0.15, 0.2) is 5.78 Å². The number of likely N-dealkylation sites (N-methyl/N-ethyl adjacent to an activating group) is 1. The van der Waals surface area contributed by atoms with Gasteiger partial charge >= 0.3 is 0 Å². The second kappa shape index (κ2) is 8.23. The molecular weight excluding hydrogens is 216 g/mol. The van der Waals surface area contributed by atoms with Crippen molar-refractivity contribution >= 4 is 11.7 Å². The Bertz CT molecular complexity index is 250. The van der Waals surface area contributed by atoms with Crippen LogP contribution in [-0.4, -0.2) is 30.8 Å². The molecule has 4 heteroatoms. The van der Waals surface area contributed by atoms with Gasteiger partial charge in [-0.25, -0.2) is 0 Å². The van der Waals surface area contributed by atoms with E-state index in [1.165, 1.54) is 0 Å². The molecule has 0 saturated carbocycles. The lowest BCUT2D eigenvalue weighted by atomic mass is 9.90. The van der Waals surface area contributed by atoms with E-state index in [-0.39, 0.29) is 29.7 Å². The van der Waals surface area contributed by atoms with Crippen LogP contribution in [0.3, 0.4) is 0 Å². The van der Waals surface area contributed by atoms with Gasteiger partial charge in [-0.3, -0.25) is 9.59 Å². The first kappa shape index (κ1) is 16.1. The Labute approximate surface area is 105 Å². The summed E-state index contributed by atoms with van der Waals surface area (Å²) in [6.07, 6.45) is 2.28. The van der Waals surface area contributed by atoms with Crippen molar-refractivity contribution in [1.29, 1.82) is 0 Å². The second-order valence-electron chi connectivity index (χ2n) is 4.39. The smallest absolute Gasteiger partial charge is 0.237 e. The summed E-state index contributed by atoms with van der Waals surface area (Å²) in [5, 5.41) is 5.75. The fourth-order valence-electron chi connectivity index (χ4n) is 1.85. The summed E-state index contributed by atoms with van der Waals surface area (Å²) in [7, 11) is 1.73. The van der Waals surface area contributed by atoms with Crippen molar-refractivity contribution in [2.45, 2.75) is 59.0 Å². The summed E-state index contributed by atoms with van der Waals surface area (Å²) in [6.45, 7) is 7.73. The molecule has 0 aromatic carbocycles. The highest BCUT2D eigenvalue weighted by Gasteiger charge is 2.27. The SMILES string of the molecule is CCC(=O)C(NC(=O)[C@H](C)NC)C(CC)CC. The first-order valence-electron chi connectivity index (χ1n) is 6.52. The van der Waals surface area contributed by atoms with Crippen LogP contribution >= 0.6 is 0 Å². The minimum absolute atomic E-state index is 0.105. The van der Waals surface area contributed by atoms with Crippen molar-refractivity contribution in [3.8, 4) is 0 Å². The first-order valence-corrected chi connectivity index (χ1v) is 6.52. The number of carbonyl (C=O) groups is 2. The number of hydrogen-bond acceptors (Lipinski definition) is 3. The van der Waals surface area contributed by atoms with Crippen LogP contribution in [0.1, 0.15) is 47.0 Å². The fourth-order valence-corrected chi connectivity index (χ4v) is 1.85. The second-order valence-corrected chi connectivity index (χ2v) is 4.39. The van der Waals surface area contributed by atoms with Crippen molar-refractivity contribution in [2.75, 3.05) is 7.05 Å². The lowest BCUT2D eigenvalue weighted by molar-refractivity contribution is -0.129. The fraction of sp³-hybridized carbons (Fsp3) is 0.846. The van der Waals surface area contributed by atoms with Crippen molar-refractivity contribution in [2.24, 2.45) is 5.92 Å². The molecule has 0 aliphatic heterocycles. The number of hydrogen-bond donors (Lipinski definition) is 2. The molecule has 0 fully saturated rings. The lowest BCUT2D eigenvalue weighted by Crippen LogP contribution is -2.51. The molecule has 17 heavy (non-hydrogen) atoms. The van der Waals surface area contributed by atoms with E-state index in [0.29, 0.717) is 6.42 Å². The molecular formula is C13H26N2O2. The van der Waals surface area contributed by atoms with Gasteiger partial charge in [0.05, 0.1) is 12.1 Å². The lowest BCUT2D eigenvalue weighted by Gasteiger charge is -2.26. The minimum Gasteiger partial charge on any atom is -0.345 e. The Morgan fingerprint density at radius 2 is 1.65 bits per heavy atom. The third-order valence-corrected chi connectivity index (χ3v) is 3.34. The van der Waals surface area contributed by atoms with Crippen molar-refractivity contribution in [1.82, 2.24) is 10.6 Å². The number of carbonyl (C=O) groups excluding carboxylic acids is 2. The standard InChI is InChI=1S/C13H26N2O2/c1-6-10(7-2)12(11(16)8-3)15-13(17)9(4)14-5/h9-10,12,14H,6-8H2,1-5H3,(H,15,17)/t9-,12?/m0/s1. The van der Waals surface area contributed by atoms with Crippen molar-refractivity contribution in [3.05, 3.63) is 0 Å². The van der Waals surface area contributed by atoms with Crippen LogP contribution in [0.2, 0.25) is 0 Å². The summed E-state index contributed by atoms with van der Waals surface area (Å²) < 4.78 is 0. The molecule has 0 aliphatic carbocycles. The van der Waals surface area contributed by atoms with Gasteiger partial charge in [0.2, 0.25) is 5.91 Å². The largest absolute Gasteiger partial charge is 0.345 e. The molecule has 2 N–H and O–H groups in total. The van der Waals surface area contributed by atoms with Crippen LogP contribution in [0.25, 0.3) is 0 Å². The topological polar surface area (TPSA) is 58.2 Å². The van der Waals surface area contributed by atoms with Gasteiger partial charge < -0.3 is 10.6 Å². The molecule has 1 amide bonds. The van der Waals surface area contributed by atoms with Crippen LogP contribution in [-0.2, 0) is 9.59 Å². The highest BCUT2D eigenvalue weighted by molar-refractivity contribution is 5.90. The molecule has 1 unspecified atom stereocenters. The van der Waals surface area contributed by atoms with Crippen molar-refractivity contribution < 1.29 is 9.59 Å². The zero-order chi connectivity index (χ0) is 13.4. The first-order chi connectivity index (χ1) is 8.01. The summed E-state index contributed by atoms with van der Waals surface area (Å²) >= 11 is 0. The zero-order valence-electron chi connectivity index (χ0n) is 11.7. The van der Waals surface area contributed by atoms with E-state index < -0.39 is 0 Å². The van der Waals surface area contributed by atoms with E-state index in [1.807, 2.05) is 6.92 Å². The molecule has 2 atom stereocenters. The van der Waals surface area contributed by atoms with Gasteiger partial charge in [-0.05, 0) is 19.9 Å². The maximum Gasteiger partial charge on any atom is 0.237 e. The molecule has 0 aromatic rings. The van der Waals surface area contributed by atoms with Crippen LogP contribution in [0.4, 0.5) is 0 Å². The zero-order valence-corrected chi connectivity index (χ0v) is 11.7. The Balaban J connectivity index is 4.70. The quantitative estimate of drug-likeness (QED) is 0.678. The number of ketones is 1. The summed E-state index contributed by atoms with van der Waals surface area (Å²) in [5.41, 5.74) is 0. The average molecular weight is 242 g/mol. The van der Waals surface area contributed by atoms with E-state index in [1.54, 1.807) is 14.0 Å². The van der Waals surface area contributed by atoms with Gasteiger partial charge in [-0.2, -0.15) is 0 Å². The van der Waals surface area contributed by atoms with Gasteiger partial charge in [0.1, 0.15) is 0 Å². The predicted molar refractivity (Wildman–Crippen MR) is 69.8 cm³/mol. The van der Waals surface area contributed by atoms with E-state index in [9.17, 15) is 9.59 Å². The van der Waals surface area contributed by atoms with Crippen LogP contribution in [0.5, 0.6) is 0 Å². The minimum atomic E-state index is -0.335. The summed E-state index contributed by atoms with van der Waals surface area (Å²) in [5.74, 6) is 0.247. The number of amides is 1. The molecule has 0 rings (SSSR count). The Morgan fingerprint density at radius 3 is 2.00 bits per heavy atom. The van der Waals surface area contributed by atoms with E-state index >= 15 is 0 Å². The highest BCUT2D eigenvalue weighted by Crippen LogP contribution is 2.15. The molecule has 0 saturated heterocycles. The molecule has 0 spiro atoms. The van der Waals surface area contributed by atoms with Gasteiger partial charge in [0.25, 0.3) is 0 Å². The number of rotatable bonds is 8. The van der Waals surface area contributed by atoms with Crippen LogP contribution < -0.4 is 10.6 Å². The maximum absolute atomic E-state index is 11.9. The third-order valence-electron chi connectivity index (χ3n) is 3.34. The molecule has 100 valence electrons. The molecule has 0 aliphatic rings. The summed E-state index contributed by atoms with van der Waals surface area (Å²) in [6, 6.07) is -0.602. The average Bonchev–Trinajstić information content (AvgIpc) is 2.36. The molecule has 0 bridgehead atoms. The monoisotopic (exact) mass is 242 g/mol. The van der Waals surface area contributed by atoms with Crippen LogP contribution in [0, 0.1) is 5.92 Å². The molecule has 4 nitrogen and oxygen atoms in total. The van der Waals surface area contributed by atoms with E-state index in [4.69, 9.17) is 0 Å². The third kappa shape index (κ3) is 4.86. The predicted octanol–water partition coefficient (Wildman–Crippen LogP) is 1.49. The van der Waals surface area contributed by atoms with Gasteiger partial charge in [0, 0.05) is 6.42 Å². The molecule has 0 aromatic heterocycles. The molecule has 0 radical (unpaired) electrons. The number of nitrogens with one attached hydrogen (secondary N) is 2. The van der Waals surface area contributed by atoms with Gasteiger partial charge in [-0.15, -0.1) is 0 Å². The van der Waals surface area contributed by atoms with Crippen molar-refractivity contribution in [3.63, 3.8) is 0 Å². The van der Waals surface area contributed by atoms with Crippen LogP contribution in [0.15, 0.2) is 0 Å². The Hall–Kier alpha value is -0.900. The maximum atomic E-state index is 11.9.